The number of nitrogens with zero attached hydrogens (tertiary/aromatic N) is 2. The number of fused-ring (bicyclic) bond motifs is 1. The van der Waals surface area contributed by atoms with Gasteiger partial charge in [-0.05, 0) is 30.7 Å². The van der Waals surface area contributed by atoms with E-state index in [0.29, 0.717) is 12.0 Å². The maximum absolute atomic E-state index is 11.5. The van der Waals surface area contributed by atoms with E-state index in [4.69, 9.17) is 0 Å². The van der Waals surface area contributed by atoms with Gasteiger partial charge in [-0.3, -0.25) is 9.59 Å². The van der Waals surface area contributed by atoms with Gasteiger partial charge in [0.2, 0.25) is 5.91 Å². The highest BCUT2D eigenvalue weighted by molar-refractivity contribution is 5.87. The molecule has 0 bridgehead atoms. The Morgan fingerprint density at radius 1 is 1.32 bits per heavy atom. The topological polar surface area (TPSA) is 42.3 Å². The second-order valence-corrected chi connectivity index (χ2v) is 4.84. The number of rotatable bonds is 5. The molecule has 0 saturated heterocycles. The molecule has 0 aliphatic heterocycles. The molecule has 1 aromatic carbocycles. The van der Waals surface area contributed by atoms with Crippen molar-refractivity contribution >= 4 is 23.1 Å². The van der Waals surface area contributed by atoms with Crippen LogP contribution in [0.5, 0.6) is 0 Å². The summed E-state index contributed by atoms with van der Waals surface area (Å²) in [5.74, 6) is 0.153. The molecule has 2 aromatic rings. The molecule has 0 aliphatic rings. The van der Waals surface area contributed by atoms with E-state index in [-0.39, 0.29) is 5.91 Å². The van der Waals surface area contributed by atoms with E-state index in [0.717, 1.165) is 30.2 Å². The summed E-state index contributed by atoms with van der Waals surface area (Å²) in [7, 11) is 3.54. The highest BCUT2D eigenvalue weighted by Crippen LogP contribution is 2.17. The molecule has 0 saturated carbocycles. The van der Waals surface area contributed by atoms with Crippen molar-refractivity contribution in [3.05, 3.63) is 36.0 Å². The van der Waals surface area contributed by atoms with Crippen LogP contribution >= 0.6 is 0 Å². The average Bonchev–Trinajstić information content (AvgIpc) is 2.80. The molecular weight excluding hydrogens is 240 g/mol. The highest BCUT2D eigenvalue weighted by Gasteiger charge is 2.05. The van der Waals surface area contributed by atoms with E-state index < -0.39 is 0 Å². The van der Waals surface area contributed by atoms with Crippen molar-refractivity contribution in [3.63, 3.8) is 0 Å². The largest absolute Gasteiger partial charge is 0.349 e. The van der Waals surface area contributed by atoms with Gasteiger partial charge < -0.3 is 9.47 Å². The average molecular weight is 258 g/mol. The molecule has 4 heteroatoms. The van der Waals surface area contributed by atoms with E-state index in [1.54, 1.807) is 19.0 Å². The lowest BCUT2D eigenvalue weighted by Crippen LogP contribution is -2.21. The number of carbonyl (C=O) groups is 2. The molecule has 100 valence electrons. The van der Waals surface area contributed by atoms with Crippen molar-refractivity contribution < 1.29 is 9.59 Å². The third-order valence-electron chi connectivity index (χ3n) is 3.22. The fourth-order valence-electron chi connectivity index (χ4n) is 2.11. The third-order valence-corrected chi connectivity index (χ3v) is 3.22. The summed E-state index contributed by atoms with van der Waals surface area (Å²) < 4.78 is 2.12. The summed E-state index contributed by atoms with van der Waals surface area (Å²) in [6.07, 6.45) is 4.22. The zero-order valence-corrected chi connectivity index (χ0v) is 11.3. The van der Waals surface area contributed by atoms with Gasteiger partial charge in [-0.15, -0.1) is 0 Å². The van der Waals surface area contributed by atoms with Crippen molar-refractivity contribution in [3.8, 4) is 0 Å². The Morgan fingerprint density at radius 3 is 2.79 bits per heavy atom. The Morgan fingerprint density at radius 2 is 2.11 bits per heavy atom. The maximum atomic E-state index is 11.5. The van der Waals surface area contributed by atoms with Crippen LogP contribution in [0.4, 0.5) is 0 Å². The van der Waals surface area contributed by atoms with Crippen LogP contribution in [-0.2, 0) is 11.3 Å². The number of aryl methyl sites for hydroxylation is 1. The summed E-state index contributed by atoms with van der Waals surface area (Å²) in [6, 6.07) is 7.64. The number of benzene rings is 1. The maximum Gasteiger partial charge on any atom is 0.222 e. The lowest BCUT2D eigenvalue weighted by atomic mass is 10.2. The molecule has 1 heterocycles. The molecule has 4 nitrogen and oxygen atoms in total. The second-order valence-electron chi connectivity index (χ2n) is 4.84. The fraction of sp³-hybridized carbons (Fsp3) is 0.333. The number of hydrogen-bond donors (Lipinski definition) is 0. The first kappa shape index (κ1) is 13.3. The standard InChI is InChI=1S/C15H18N2O2/c1-16(2)15(19)4-3-8-17-9-7-13-10-12(11-18)5-6-14(13)17/h5-7,9-11H,3-4,8H2,1-2H3. The summed E-state index contributed by atoms with van der Waals surface area (Å²) >= 11 is 0. The number of hydrogen-bond acceptors (Lipinski definition) is 2. The Balaban J connectivity index is 2.05. The summed E-state index contributed by atoms with van der Waals surface area (Å²) in [6.45, 7) is 0.809. The minimum atomic E-state index is 0.153. The predicted molar refractivity (Wildman–Crippen MR) is 75.3 cm³/mol. The molecule has 0 spiro atoms. The van der Waals surface area contributed by atoms with Crippen LogP contribution in [0.1, 0.15) is 23.2 Å². The Labute approximate surface area is 112 Å². The van der Waals surface area contributed by atoms with Crippen LogP contribution in [0.25, 0.3) is 10.9 Å². The molecule has 0 atom stereocenters. The van der Waals surface area contributed by atoms with E-state index in [1.165, 1.54) is 0 Å². The number of carbonyl (C=O) groups excluding carboxylic acids is 2. The molecule has 0 unspecified atom stereocenters. The van der Waals surface area contributed by atoms with Crippen LogP contribution in [0.2, 0.25) is 0 Å². The third kappa shape index (κ3) is 3.02. The van der Waals surface area contributed by atoms with E-state index in [1.807, 2.05) is 30.5 Å². The van der Waals surface area contributed by atoms with Gasteiger partial charge in [0.25, 0.3) is 0 Å². The summed E-state index contributed by atoms with van der Waals surface area (Å²) in [4.78, 5) is 23.8. The smallest absolute Gasteiger partial charge is 0.222 e. The Hall–Kier alpha value is -2.10. The van der Waals surface area contributed by atoms with Crippen molar-refractivity contribution in [2.24, 2.45) is 0 Å². The molecular formula is C15H18N2O2. The normalized spacial score (nSPS) is 10.6. The van der Waals surface area contributed by atoms with Gasteiger partial charge in [0.15, 0.2) is 0 Å². The minimum Gasteiger partial charge on any atom is -0.349 e. The zero-order chi connectivity index (χ0) is 13.8. The predicted octanol–water partition coefficient (Wildman–Crippen LogP) is 2.32. The number of amides is 1. The summed E-state index contributed by atoms with van der Waals surface area (Å²) in [5, 5.41) is 1.06. The van der Waals surface area contributed by atoms with Gasteiger partial charge in [0, 0.05) is 49.7 Å². The van der Waals surface area contributed by atoms with E-state index >= 15 is 0 Å². The van der Waals surface area contributed by atoms with E-state index in [2.05, 4.69) is 4.57 Å². The lowest BCUT2D eigenvalue weighted by Gasteiger charge is -2.10. The van der Waals surface area contributed by atoms with Gasteiger partial charge in [0.1, 0.15) is 6.29 Å². The van der Waals surface area contributed by atoms with Crippen molar-refractivity contribution in [1.82, 2.24) is 9.47 Å². The summed E-state index contributed by atoms with van der Waals surface area (Å²) in [5.41, 5.74) is 1.79. The first-order valence-corrected chi connectivity index (χ1v) is 6.36. The molecule has 19 heavy (non-hydrogen) atoms. The monoisotopic (exact) mass is 258 g/mol. The van der Waals surface area contributed by atoms with Crippen LogP contribution in [0.15, 0.2) is 30.5 Å². The van der Waals surface area contributed by atoms with Crippen molar-refractivity contribution in [2.45, 2.75) is 19.4 Å². The molecule has 0 aliphatic carbocycles. The zero-order valence-electron chi connectivity index (χ0n) is 11.3. The first-order chi connectivity index (χ1) is 9.11. The van der Waals surface area contributed by atoms with Gasteiger partial charge in [-0.2, -0.15) is 0 Å². The molecule has 1 amide bonds. The SMILES string of the molecule is CN(C)C(=O)CCCn1ccc2cc(C=O)ccc21. The Kier molecular flexibility index (Phi) is 4.00. The molecule has 2 rings (SSSR count). The van der Waals surface area contributed by atoms with Crippen LogP contribution in [0.3, 0.4) is 0 Å². The van der Waals surface area contributed by atoms with Crippen molar-refractivity contribution in [1.29, 1.82) is 0 Å². The number of aldehydes is 1. The molecule has 0 fully saturated rings. The first-order valence-electron chi connectivity index (χ1n) is 6.36. The number of aromatic nitrogens is 1. The molecule has 1 aromatic heterocycles. The van der Waals surface area contributed by atoms with Gasteiger partial charge >= 0.3 is 0 Å². The molecule has 0 radical (unpaired) electrons. The Bertz CT molecular complexity index is 599. The molecule has 0 N–H and O–H groups in total. The highest BCUT2D eigenvalue weighted by atomic mass is 16.2. The van der Waals surface area contributed by atoms with Gasteiger partial charge in [0.05, 0.1) is 0 Å². The fourth-order valence-corrected chi connectivity index (χ4v) is 2.11. The minimum absolute atomic E-state index is 0.153. The second kappa shape index (κ2) is 5.69. The van der Waals surface area contributed by atoms with Crippen LogP contribution < -0.4 is 0 Å². The lowest BCUT2D eigenvalue weighted by molar-refractivity contribution is -0.128. The quantitative estimate of drug-likeness (QED) is 0.772. The van der Waals surface area contributed by atoms with E-state index in [9.17, 15) is 9.59 Å². The van der Waals surface area contributed by atoms with Crippen LogP contribution in [0, 0.1) is 0 Å². The van der Waals surface area contributed by atoms with Gasteiger partial charge in [-0.1, -0.05) is 0 Å². The van der Waals surface area contributed by atoms with Gasteiger partial charge in [-0.25, -0.2) is 0 Å². The van der Waals surface area contributed by atoms with Crippen molar-refractivity contribution in [2.75, 3.05) is 14.1 Å². The van der Waals surface area contributed by atoms with Crippen LogP contribution in [-0.4, -0.2) is 35.8 Å².